The van der Waals surface area contributed by atoms with Crippen molar-refractivity contribution in [2.24, 2.45) is 11.5 Å². The summed E-state index contributed by atoms with van der Waals surface area (Å²) in [5.41, 5.74) is 15.8. The smallest absolute Gasteiger partial charge is 0.250 e. The van der Waals surface area contributed by atoms with Crippen LogP contribution in [-0.2, 0) is 28.0 Å². The fourth-order valence-corrected chi connectivity index (χ4v) is 5.41. The maximum absolute atomic E-state index is 13.5. The molecule has 38 heavy (non-hydrogen) atoms. The predicted molar refractivity (Wildman–Crippen MR) is 140 cm³/mol. The van der Waals surface area contributed by atoms with Gasteiger partial charge >= 0.3 is 0 Å². The van der Waals surface area contributed by atoms with E-state index < -0.39 is 29.8 Å². The van der Waals surface area contributed by atoms with Crippen molar-refractivity contribution in [3.8, 4) is 5.75 Å². The molecule has 2 amide bonds. The normalized spacial score (nSPS) is 25.4. The van der Waals surface area contributed by atoms with Gasteiger partial charge < -0.3 is 41.9 Å². The van der Waals surface area contributed by atoms with Crippen molar-refractivity contribution < 1.29 is 18.7 Å². The molecule has 0 fully saturated rings. The summed E-state index contributed by atoms with van der Waals surface area (Å²) in [5.74, 6) is 0.00844. The number of nitrogens with two attached hydrogens (primary N) is 2. The molecule has 6 rings (SSSR count). The number of oxazole rings is 1. The maximum atomic E-state index is 13.5. The highest BCUT2D eigenvalue weighted by Crippen LogP contribution is 2.55. The van der Waals surface area contributed by atoms with Gasteiger partial charge in [0.15, 0.2) is 6.23 Å². The van der Waals surface area contributed by atoms with Crippen LogP contribution in [0.3, 0.4) is 0 Å². The van der Waals surface area contributed by atoms with E-state index in [2.05, 4.69) is 32.3 Å². The summed E-state index contributed by atoms with van der Waals surface area (Å²) in [5, 5.41) is 12.1. The Kier molecular flexibility index (Phi) is 5.90. The topological polar surface area (TPSA) is 170 Å². The molecule has 0 radical (unpaired) electrons. The summed E-state index contributed by atoms with van der Waals surface area (Å²) in [6, 6.07) is 12.7. The summed E-state index contributed by atoms with van der Waals surface area (Å²) < 4.78 is 12.2. The third-order valence-electron chi connectivity index (χ3n) is 7.20. The zero-order chi connectivity index (χ0) is 26.4. The summed E-state index contributed by atoms with van der Waals surface area (Å²) in [4.78, 5) is 30.9. The molecule has 4 heterocycles. The summed E-state index contributed by atoms with van der Waals surface area (Å²) >= 11 is 0. The first-order chi connectivity index (χ1) is 18.4. The highest BCUT2D eigenvalue weighted by Gasteiger charge is 2.55. The third-order valence-corrected chi connectivity index (χ3v) is 7.20. The maximum Gasteiger partial charge on any atom is 0.250 e. The quantitative estimate of drug-likeness (QED) is 0.273. The van der Waals surface area contributed by atoms with E-state index in [0.29, 0.717) is 30.1 Å². The van der Waals surface area contributed by atoms with Crippen molar-refractivity contribution in [3.63, 3.8) is 0 Å². The zero-order valence-corrected chi connectivity index (χ0v) is 20.8. The van der Waals surface area contributed by atoms with Crippen LogP contribution >= 0.6 is 0 Å². The Morgan fingerprint density at radius 1 is 1.13 bits per heavy atom. The fraction of sp³-hybridized carbons (Fsp3) is 0.296. The Morgan fingerprint density at radius 3 is 2.79 bits per heavy atom. The Hall–Kier alpha value is -4.19. The van der Waals surface area contributed by atoms with Crippen LogP contribution in [0.5, 0.6) is 5.75 Å². The molecule has 0 saturated carbocycles. The van der Waals surface area contributed by atoms with Gasteiger partial charge in [-0.25, -0.2) is 4.98 Å². The number of ether oxygens (including phenoxy) is 1. The molecule has 2 bridgehead atoms. The van der Waals surface area contributed by atoms with Gasteiger partial charge in [-0.15, -0.1) is 0 Å². The molecule has 11 nitrogen and oxygen atoms in total. The second kappa shape index (κ2) is 9.28. The van der Waals surface area contributed by atoms with Gasteiger partial charge in [0.05, 0.1) is 11.9 Å². The van der Waals surface area contributed by atoms with Crippen LogP contribution in [0.4, 0.5) is 5.69 Å². The Balaban J connectivity index is 1.59. The molecular formula is C27H29N7O4. The number of amides is 2. The van der Waals surface area contributed by atoms with Gasteiger partial charge in [0.25, 0.3) is 0 Å². The van der Waals surface area contributed by atoms with Crippen molar-refractivity contribution >= 4 is 23.2 Å². The number of carbonyl (C=O) groups excluding carboxylic acids is 2. The largest absolute Gasteiger partial charge is 0.469 e. The van der Waals surface area contributed by atoms with E-state index in [1.807, 2.05) is 42.5 Å². The minimum atomic E-state index is -1.17. The summed E-state index contributed by atoms with van der Waals surface area (Å²) in [7, 11) is 1.80. The van der Waals surface area contributed by atoms with Gasteiger partial charge in [-0.2, -0.15) is 0 Å². The van der Waals surface area contributed by atoms with E-state index in [-0.39, 0.29) is 18.2 Å². The lowest BCUT2D eigenvalue weighted by molar-refractivity contribution is -0.128. The Morgan fingerprint density at radius 2 is 1.97 bits per heavy atom. The van der Waals surface area contributed by atoms with Crippen LogP contribution in [0, 0.1) is 0 Å². The standard InChI is InChI=1S/C27H29N7O4/c1-30-12-15-13-37-25(31-15)19-11-27-16-4-2-3-5-18(16)33-26(27)38-20-8-6-14(10-17(20)27)7-9-21(35)34-22(23(28)29)24(36)32-19/h2-6,8,10-11,13,22-23,26,30,33H,7,9,12,28-29H2,1H3,(H,32,36)(H,34,35)/b19-11+. The van der Waals surface area contributed by atoms with Gasteiger partial charge in [0.2, 0.25) is 17.7 Å². The third kappa shape index (κ3) is 3.92. The minimum Gasteiger partial charge on any atom is -0.469 e. The van der Waals surface area contributed by atoms with E-state index in [1.165, 1.54) is 6.26 Å². The molecular weight excluding hydrogens is 486 g/mol. The average Bonchev–Trinajstić information content (AvgIpc) is 3.56. The molecule has 3 aliphatic heterocycles. The number of aryl methyl sites for hydroxylation is 1. The number of hydrogen-bond donors (Lipinski definition) is 6. The lowest BCUT2D eigenvalue weighted by atomic mass is 9.74. The number of rotatable bonds is 4. The molecule has 0 saturated heterocycles. The first-order valence-corrected chi connectivity index (χ1v) is 12.5. The van der Waals surface area contributed by atoms with Gasteiger partial charge in [0.1, 0.15) is 29.2 Å². The van der Waals surface area contributed by atoms with Crippen molar-refractivity contribution in [1.82, 2.24) is 20.9 Å². The second-order valence-electron chi connectivity index (χ2n) is 9.73. The number of nitrogens with zero attached hydrogens (tertiary/aromatic N) is 1. The molecule has 8 N–H and O–H groups in total. The van der Waals surface area contributed by atoms with Crippen LogP contribution in [-0.4, -0.2) is 42.3 Å². The van der Waals surface area contributed by atoms with E-state index in [9.17, 15) is 9.59 Å². The molecule has 11 heteroatoms. The fourth-order valence-electron chi connectivity index (χ4n) is 5.41. The molecule has 3 atom stereocenters. The van der Waals surface area contributed by atoms with E-state index in [0.717, 1.165) is 22.4 Å². The lowest BCUT2D eigenvalue weighted by Gasteiger charge is -2.27. The highest BCUT2D eigenvalue weighted by atomic mass is 16.5. The number of para-hydroxylation sites is 1. The number of benzene rings is 2. The van der Waals surface area contributed by atoms with Crippen LogP contribution < -0.4 is 37.5 Å². The first-order valence-electron chi connectivity index (χ1n) is 12.5. The number of fused-ring (bicyclic) bond motifs is 2. The molecule has 3 aromatic rings. The number of aromatic nitrogens is 1. The summed E-state index contributed by atoms with van der Waals surface area (Å²) in [6.45, 7) is 0.477. The molecule has 3 unspecified atom stereocenters. The minimum absolute atomic E-state index is 0.162. The van der Waals surface area contributed by atoms with Crippen LogP contribution in [0.2, 0.25) is 0 Å². The van der Waals surface area contributed by atoms with Crippen molar-refractivity contribution in [3.05, 3.63) is 83.1 Å². The molecule has 0 aliphatic carbocycles. The SMILES string of the molecule is CNCc1coc(/C2=C\C34c5ccccc5NC3Oc3ccc(cc34)CCC(=O)NC(C(N)N)C(=O)N2)n1. The monoisotopic (exact) mass is 515 g/mol. The van der Waals surface area contributed by atoms with Gasteiger partial charge in [0, 0.05) is 24.2 Å². The highest BCUT2D eigenvalue weighted by molar-refractivity contribution is 5.93. The average molecular weight is 516 g/mol. The van der Waals surface area contributed by atoms with E-state index in [1.54, 1.807) is 7.05 Å². The molecule has 2 aromatic carbocycles. The summed E-state index contributed by atoms with van der Waals surface area (Å²) in [6.07, 6.45) is 2.46. The van der Waals surface area contributed by atoms with E-state index >= 15 is 0 Å². The predicted octanol–water partition coefficient (Wildman–Crippen LogP) is 0.656. The zero-order valence-electron chi connectivity index (χ0n) is 20.8. The lowest BCUT2D eigenvalue weighted by Crippen LogP contribution is -2.59. The number of nitrogens with one attached hydrogen (secondary N) is 4. The Bertz CT molecular complexity index is 1450. The van der Waals surface area contributed by atoms with Gasteiger partial charge in [-0.05, 0) is 42.8 Å². The van der Waals surface area contributed by atoms with Crippen LogP contribution in [0.15, 0.2) is 59.2 Å². The molecule has 1 aromatic heterocycles. The van der Waals surface area contributed by atoms with Crippen molar-refractivity contribution in [2.45, 2.75) is 43.2 Å². The van der Waals surface area contributed by atoms with Crippen LogP contribution in [0.25, 0.3) is 5.70 Å². The Labute approximate surface area is 219 Å². The first kappa shape index (κ1) is 24.2. The number of hydrogen-bond acceptors (Lipinski definition) is 9. The van der Waals surface area contributed by atoms with Crippen molar-refractivity contribution in [2.75, 3.05) is 12.4 Å². The molecule has 3 aliphatic rings. The van der Waals surface area contributed by atoms with Crippen molar-refractivity contribution in [1.29, 1.82) is 0 Å². The number of anilines is 1. The molecule has 1 spiro atoms. The second-order valence-corrected chi connectivity index (χ2v) is 9.73. The van der Waals surface area contributed by atoms with Gasteiger partial charge in [-0.3, -0.25) is 9.59 Å². The van der Waals surface area contributed by atoms with Crippen LogP contribution in [0.1, 0.15) is 34.7 Å². The number of carbonyl (C=O) groups is 2. The molecule has 196 valence electrons. The van der Waals surface area contributed by atoms with E-state index in [4.69, 9.17) is 20.6 Å². The van der Waals surface area contributed by atoms with Gasteiger partial charge in [-0.1, -0.05) is 30.3 Å².